The van der Waals surface area contributed by atoms with Crippen LogP contribution in [0.3, 0.4) is 0 Å². The van der Waals surface area contributed by atoms with Crippen molar-refractivity contribution >= 4 is 10.2 Å². The third kappa shape index (κ3) is 3.30. The number of rotatable bonds is 3. The molecule has 0 aliphatic heterocycles. The molecule has 0 fully saturated rings. The molecule has 0 aromatic carbocycles. The van der Waals surface area contributed by atoms with Gasteiger partial charge in [-0.2, -0.15) is 0 Å². The molecule has 0 saturated heterocycles. The predicted molar refractivity (Wildman–Crippen MR) is 55.8 cm³/mol. The van der Waals surface area contributed by atoms with E-state index in [1.165, 1.54) is 24.9 Å². The first-order valence-electron chi connectivity index (χ1n) is 4.71. The molecule has 14 heavy (non-hydrogen) atoms. The molecule has 0 amide bonds. The minimum atomic E-state index is 0.194. The maximum absolute atomic E-state index is 10.9. The van der Waals surface area contributed by atoms with Crippen LogP contribution in [-0.2, 0) is 24.1 Å². The Labute approximate surface area is 96.0 Å². The summed E-state index contributed by atoms with van der Waals surface area (Å²) in [6.07, 6.45) is 8.26. The van der Waals surface area contributed by atoms with Crippen molar-refractivity contribution in [3.8, 4) is 0 Å². The van der Waals surface area contributed by atoms with E-state index >= 15 is 0 Å². The van der Waals surface area contributed by atoms with Crippen LogP contribution in [-0.4, -0.2) is 10.2 Å². The van der Waals surface area contributed by atoms with Crippen LogP contribution in [0.25, 0.3) is 0 Å². The first kappa shape index (κ1) is 11.5. The Morgan fingerprint density at radius 1 is 1.50 bits per heavy atom. The fourth-order valence-corrected chi connectivity index (χ4v) is 2.40. The molecule has 0 aromatic rings. The molecule has 1 aliphatic carbocycles. The summed E-state index contributed by atoms with van der Waals surface area (Å²) in [6, 6.07) is 0. The summed E-state index contributed by atoms with van der Waals surface area (Å²) in [7, 11) is 0. The first-order valence-corrected chi connectivity index (χ1v) is 6.40. The molecule has 0 radical (unpaired) electrons. The van der Waals surface area contributed by atoms with Crippen LogP contribution in [0.5, 0.6) is 0 Å². The molecule has 1 aliphatic rings. The summed E-state index contributed by atoms with van der Waals surface area (Å²) in [5.41, 5.74) is 2.51. The quantitative estimate of drug-likeness (QED) is 0.757. The molecule has 2 heteroatoms. The van der Waals surface area contributed by atoms with Crippen molar-refractivity contribution in [2.45, 2.75) is 20.3 Å². The van der Waals surface area contributed by atoms with Gasteiger partial charge in [0.15, 0.2) is 0 Å². The summed E-state index contributed by atoms with van der Waals surface area (Å²) in [5, 5.41) is 0. The molecule has 0 N–H and O–H groups in total. The summed E-state index contributed by atoms with van der Waals surface area (Å²) in [6.45, 7) is 4.37. The first-order chi connectivity index (χ1) is 6.63. The van der Waals surface area contributed by atoms with Crippen molar-refractivity contribution in [3.63, 3.8) is 0 Å². The molecule has 1 nitrogen and oxygen atoms in total. The summed E-state index contributed by atoms with van der Waals surface area (Å²) >= 11 is 1.47. The molecule has 0 spiro atoms. The van der Waals surface area contributed by atoms with Gasteiger partial charge < -0.3 is 0 Å². The van der Waals surface area contributed by atoms with E-state index in [1.807, 2.05) is 12.2 Å². The monoisotopic (exact) mass is 358 g/mol. The maximum atomic E-state index is 10.9. The number of carbonyl (C=O) groups excluding carboxylic acids is 1. The zero-order chi connectivity index (χ0) is 10.6. The fourth-order valence-electron chi connectivity index (χ4n) is 1.18. The van der Waals surface area contributed by atoms with Crippen molar-refractivity contribution < 1.29 is 24.1 Å². The van der Waals surface area contributed by atoms with Crippen LogP contribution in [0.1, 0.15) is 20.3 Å². The van der Waals surface area contributed by atoms with Crippen LogP contribution in [0.2, 0.25) is 0 Å². The van der Waals surface area contributed by atoms with Crippen molar-refractivity contribution in [1.82, 2.24) is 0 Å². The number of carbonyl (C=O) groups is 1. The number of allylic oxidation sites excluding steroid dienone is 6. The number of hydrogen-bond acceptors (Lipinski definition) is 1. The Kier molecular flexibility index (Phi) is 4.41. The average molecular weight is 358 g/mol. The van der Waals surface area contributed by atoms with Gasteiger partial charge in [0.05, 0.1) is 0 Å². The van der Waals surface area contributed by atoms with E-state index in [1.54, 1.807) is 6.08 Å². The Hall–Kier alpha value is -0.552. The topological polar surface area (TPSA) is 17.1 Å². The van der Waals surface area contributed by atoms with Crippen molar-refractivity contribution in [1.29, 1.82) is 0 Å². The third-order valence-corrected chi connectivity index (χ3v) is 3.11. The van der Waals surface area contributed by atoms with E-state index in [0.717, 1.165) is 5.57 Å². The summed E-state index contributed by atoms with van der Waals surface area (Å²) in [4.78, 5) is 10.9. The van der Waals surface area contributed by atoms with Gasteiger partial charge in [-0.3, -0.25) is 0 Å². The van der Waals surface area contributed by atoms with Crippen LogP contribution in [0.4, 0.5) is 0 Å². The molecule has 0 atom stereocenters. The van der Waals surface area contributed by atoms with E-state index in [9.17, 15) is 4.79 Å². The molecule has 1 rings (SSSR count). The zero-order valence-corrected chi connectivity index (χ0v) is 11.4. The summed E-state index contributed by atoms with van der Waals surface area (Å²) < 4.78 is 2.20. The van der Waals surface area contributed by atoms with Crippen molar-refractivity contribution in [2.75, 3.05) is 0 Å². The molecule has 0 aromatic heterocycles. The summed E-state index contributed by atoms with van der Waals surface area (Å²) in [5.74, 6) is 0.749. The van der Waals surface area contributed by atoms with Crippen LogP contribution < -0.4 is 0 Å². The second-order valence-electron chi connectivity index (χ2n) is 3.62. The SMILES string of the molecule is CC(C)/C([CH]=[W])=C/C1=CCC(=O)C=C1. The van der Waals surface area contributed by atoms with Gasteiger partial charge in [-0.1, -0.05) is 0 Å². The van der Waals surface area contributed by atoms with E-state index in [4.69, 9.17) is 0 Å². The second-order valence-corrected chi connectivity index (χ2v) is 4.47. The van der Waals surface area contributed by atoms with Crippen LogP contribution >= 0.6 is 0 Å². The van der Waals surface area contributed by atoms with E-state index in [0.29, 0.717) is 12.3 Å². The Balaban J connectivity index is 2.81. The van der Waals surface area contributed by atoms with Gasteiger partial charge in [0.2, 0.25) is 0 Å². The molecule has 0 unspecified atom stereocenters. The standard InChI is InChI=1S/C12H14O.W/c1-9(2)10(3)8-11-4-6-12(13)7-5-11;/h3-6,8-9H,7H2,1-2H3;/b10-8+;. The van der Waals surface area contributed by atoms with Crippen molar-refractivity contribution in [3.05, 3.63) is 35.5 Å². The fraction of sp³-hybridized carbons (Fsp3) is 0.333. The van der Waals surface area contributed by atoms with Crippen molar-refractivity contribution in [2.24, 2.45) is 5.92 Å². The average Bonchev–Trinajstić information content (AvgIpc) is 2.16. The van der Waals surface area contributed by atoms with E-state index in [2.05, 4.69) is 24.3 Å². The van der Waals surface area contributed by atoms with Crippen LogP contribution in [0, 0.1) is 5.92 Å². The van der Waals surface area contributed by atoms with Gasteiger partial charge in [-0.25, -0.2) is 0 Å². The van der Waals surface area contributed by atoms with Gasteiger partial charge in [0.1, 0.15) is 0 Å². The molecular weight excluding hydrogens is 344 g/mol. The zero-order valence-electron chi connectivity index (χ0n) is 8.49. The Morgan fingerprint density at radius 3 is 2.64 bits per heavy atom. The second kappa shape index (κ2) is 5.36. The minimum absolute atomic E-state index is 0.194. The van der Waals surface area contributed by atoms with Gasteiger partial charge in [-0.05, 0) is 0 Å². The molecular formula is C12H14OW. The molecule has 0 saturated carbocycles. The number of ketones is 1. The van der Waals surface area contributed by atoms with Gasteiger partial charge in [-0.15, -0.1) is 0 Å². The Bertz CT molecular complexity index is 332. The Morgan fingerprint density at radius 2 is 2.21 bits per heavy atom. The van der Waals surface area contributed by atoms with Crippen LogP contribution in [0.15, 0.2) is 35.5 Å². The molecule has 0 bridgehead atoms. The van der Waals surface area contributed by atoms with Gasteiger partial charge in [0, 0.05) is 0 Å². The van der Waals surface area contributed by atoms with Gasteiger partial charge >= 0.3 is 96.0 Å². The number of hydrogen-bond donors (Lipinski definition) is 0. The predicted octanol–water partition coefficient (Wildman–Crippen LogP) is 2.37. The molecule has 0 heterocycles. The van der Waals surface area contributed by atoms with E-state index < -0.39 is 0 Å². The normalized spacial score (nSPS) is 17.2. The molecule has 74 valence electrons. The van der Waals surface area contributed by atoms with Gasteiger partial charge in [0.25, 0.3) is 0 Å². The third-order valence-electron chi connectivity index (χ3n) is 2.14. The van der Waals surface area contributed by atoms with E-state index in [-0.39, 0.29) is 5.78 Å².